The van der Waals surface area contributed by atoms with Crippen LogP contribution < -0.4 is 0 Å². The predicted molar refractivity (Wildman–Crippen MR) is 82.5 cm³/mol. The number of aliphatic hydroxyl groups is 2. The van der Waals surface area contributed by atoms with Crippen molar-refractivity contribution < 1.29 is 19.7 Å². The molecule has 23 heavy (non-hydrogen) atoms. The number of piperidine rings is 3. The number of carbonyl (C=O) groups excluding carboxylic acids is 1. The lowest BCUT2D eigenvalue weighted by molar-refractivity contribution is -0.369. The van der Waals surface area contributed by atoms with Crippen LogP contribution in [0, 0.1) is 23.2 Å². The minimum Gasteiger partial charge on any atom is -0.462 e. The van der Waals surface area contributed by atoms with Crippen molar-refractivity contribution in [2.45, 2.75) is 69.3 Å². The quantitative estimate of drug-likeness (QED) is 0.703. The van der Waals surface area contributed by atoms with Gasteiger partial charge in [-0.3, -0.25) is 9.69 Å². The Morgan fingerprint density at radius 1 is 1.30 bits per heavy atom. The fourth-order valence-electron chi connectivity index (χ4n) is 7.85. The first-order chi connectivity index (χ1) is 10.9. The Morgan fingerprint density at radius 3 is 2.83 bits per heavy atom. The lowest BCUT2D eigenvalue weighted by atomic mass is 9.34. The fraction of sp³-hybridized carbons (Fsp3) is 0.944. The monoisotopic (exact) mass is 321 g/mol. The molecule has 5 heteroatoms. The second-order valence-corrected chi connectivity index (χ2v) is 8.78. The van der Waals surface area contributed by atoms with Gasteiger partial charge in [0.2, 0.25) is 0 Å². The Hall–Kier alpha value is -0.650. The molecule has 5 fully saturated rings. The first kappa shape index (κ1) is 14.7. The molecule has 3 aliphatic carbocycles. The Kier molecular flexibility index (Phi) is 2.63. The molecule has 0 aromatic rings. The first-order valence-electron chi connectivity index (χ1n) is 9.21. The van der Waals surface area contributed by atoms with Gasteiger partial charge in [-0.1, -0.05) is 6.92 Å². The molecule has 5 aliphatic rings. The van der Waals surface area contributed by atoms with Gasteiger partial charge < -0.3 is 14.9 Å². The summed E-state index contributed by atoms with van der Waals surface area (Å²) in [4.78, 5) is 14.1. The summed E-state index contributed by atoms with van der Waals surface area (Å²) < 4.78 is 5.70. The molecule has 2 saturated heterocycles. The van der Waals surface area contributed by atoms with Crippen molar-refractivity contribution in [2.24, 2.45) is 23.2 Å². The molecule has 2 aliphatic heterocycles. The van der Waals surface area contributed by atoms with Crippen molar-refractivity contribution in [1.82, 2.24) is 4.90 Å². The van der Waals surface area contributed by atoms with Gasteiger partial charge in [-0.25, -0.2) is 0 Å². The summed E-state index contributed by atoms with van der Waals surface area (Å²) in [5.41, 5.74) is -1.18. The molecular weight excluding hydrogens is 294 g/mol. The van der Waals surface area contributed by atoms with Gasteiger partial charge >= 0.3 is 5.97 Å². The zero-order valence-electron chi connectivity index (χ0n) is 14.0. The SMILES string of the molecule is CC(=O)OC1CC2C(O)C(C)C34CCN5CCCC1C5(C3)C24O. The molecule has 2 heterocycles. The van der Waals surface area contributed by atoms with E-state index in [2.05, 4.69) is 11.8 Å². The van der Waals surface area contributed by atoms with Gasteiger partial charge in [0.25, 0.3) is 0 Å². The Bertz CT molecular complexity index is 581. The number of hydrogen-bond acceptors (Lipinski definition) is 5. The Balaban J connectivity index is 1.66. The van der Waals surface area contributed by atoms with E-state index >= 15 is 0 Å². The van der Waals surface area contributed by atoms with Crippen molar-refractivity contribution in [3.05, 3.63) is 0 Å². The molecule has 8 atom stereocenters. The number of hydrogen-bond donors (Lipinski definition) is 2. The summed E-state index contributed by atoms with van der Waals surface area (Å²) in [7, 11) is 0. The van der Waals surface area contributed by atoms with Crippen LogP contribution in [0.15, 0.2) is 0 Å². The van der Waals surface area contributed by atoms with E-state index in [1.165, 1.54) is 6.92 Å². The minimum absolute atomic E-state index is 0.121. The molecule has 0 aromatic heterocycles. The van der Waals surface area contributed by atoms with Crippen LogP contribution >= 0.6 is 0 Å². The van der Waals surface area contributed by atoms with E-state index < -0.39 is 11.7 Å². The van der Waals surface area contributed by atoms with E-state index in [-0.39, 0.29) is 40.8 Å². The largest absolute Gasteiger partial charge is 0.462 e. The number of nitrogens with zero attached hydrogens (tertiary/aromatic N) is 1. The third kappa shape index (κ3) is 1.27. The van der Waals surface area contributed by atoms with E-state index in [4.69, 9.17) is 4.74 Å². The summed E-state index contributed by atoms with van der Waals surface area (Å²) in [6, 6.07) is 0. The average Bonchev–Trinajstić information content (AvgIpc) is 2.67. The smallest absolute Gasteiger partial charge is 0.302 e. The van der Waals surface area contributed by atoms with Gasteiger partial charge in [0.1, 0.15) is 6.10 Å². The molecule has 2 bridgehead atoms. The third-order valence-electron chi connectivity index (χ3n) is 8.54. The molecule has 2 N–H and O–H groups in total. The first-order valence-corrected chi connectivity index (χ1v) is 9.21. The van der Waals surface area contributed by atoms with Crippen LogP contribution in [0.2, 0.25) is 0 Å². The number of ether oxygens (including phenoxy) is 1. The van der Waals surface area contributed by atoms with Gasteiger partial charge in [-0.15, -0.1) is 0 Å². The van der Waals surface area contributed by atoms with Crippen LogP contribution in [0.5, 0.6) is 0 Å². The van der Waals surface area contributed by atoms with Crippen LogP contribution in [0.25, 0.3) is 0 Å². The van der Waals surface area contributed by atoms with Crippen molar-refractivity contribution in [3.63, 3.8) is 0 Å². The van der Waals surface area contributed by atoms with Crippen LogP contribution in [0.3, 0.4) is 0 Å². The fourth-order valence-corrected chi connectivity index (χ4v) is 7.85. The van der Waals surface area contributed by atoms with Gasteiger partial charge in [0.05, 0.1) is 17.2 Å². The molecule has 0 amide bonds. The highest BCUT2D eigenvalue weighted by Gasteiger charge is 2.89. The summed E-state index contributed by atoms with van der Waals surface area (Å²) in [5, 5.41) is 22.8. The predicted octanol–water partition coefficient (Wildman–Crippen LogP) is 0.924. The highest BCUT2D eigenvalue weighted by atomic mass is 16.5. The molecule has 5 nitrogen and oxygen atoms in total. The van der Waals surface area contributed by atoms with Gasteiger partial charge in [-0.2, -0.15) is 0 Å². The zero-order valence-corrected chi connectivity index (χ0v) is 14.0. The maximum Gasteiger partial charge on any atom is 0.302 e. The lowest BCUT2D eigenvalue weighted by Crippen LogP contribution is -2.90. The van der Waals surface area contributed by atoms with Gasteiger partial charge in [0.15, 0.2) is 0 Å². The van der Waals surface area contributed by atoms with E-state index in [0.29, 0.717) is 6.42 Å². The molecule has 0 radical (unpaired) electrons. The summed E-state index contributed by atoms with van der Waals surface area (Å²) in [5.74, 6) is -0.0556. The van der Waals surface area contributed by atoms with Crippen LogP contribution in [-0.2, 0) is 9.53 Å². The van der Waals surface area contributed by atoms with E-state index in [0.717, 1.165) is 38.8 Å². The van der Waals surface area contributed by atoms with E-state index in [1.807, 2.05) is 0 Å². The van der Waals surface area contributed by atoms with Crippen molar-refractivity contribution in [2.75, 3.05) is 13.1 Å². The molecule has 5 rings (SSSR count). The third-order valence-corrected chi connectivity index (χ3v) is 8.54. The van der Waals surface area contributed by atoms with E-state index in [9.17, 15) is 15.0 Å². The summed E-state index contributed by atoms with van der Waals surface area (Å²) >= 11 is 0. The average molecular weight is 321 g/mol. The topological polar surface area (TPSA) is 70.0 Å². The van der Waals surface area contributed by atoms with Crippen molar-refractivity contribution in [3.8, 4) is 0 Å². The highest BCUT2D eigenvalue weighted by Crippen LogP contribution is 2.80. The lowest BCUT2D eigenvalue weighted by Gasteiger charge is -2.80. The Morgan fingerprint density at radius 2 is 2.09 bits per heavy atom. The number of esters is 1. The van der Waals surface area contributed by atoms with Crippen molar-refractivity contribution >= 4 is 5.97 Å². The van der Waals surface area contributed by atoms with Gasteiger partial charge in [0, 0.05) is 24.2 Å². The summed E-state index contributed by atoms with van der Waals surface area (Å²) in [6.07, 6.45) is 4.05. The van der Waals surface area contributed by atoms with Gasteiger partial charge in [-0.05, 0) is 51.1 Å². The van der Waals surface area contributed by atoms with Crippen molar-refractivity contribution in [1.29, 1.82) is 0 Å². The molecule has 128 valence electrons. The molecule has 2 spiro atoms. The highest BCUT2D eigenvalue weighted by molar-refractivity contribution is 5.66. The number of rotatable bonds is 1. The number of aliphatic hydroxyl groups excluding tert-OH is 1. The van der Waals surface area contributed by atoms with Crippen LogP contribution in [-0.4, -0.2) is 57.5 Å². The molecule has 8 unspecified atom stereocenters. The second-order valence-electron chi connectivity index (χ2n) is 8.78. The minimum atomic E-state index is -0.793. The second kappa shape index (κ2) is 4.12. The molecular formula is C18H27NO4. The Labute approximate surface area is 137 Å². The molecule has 3 saturated carbocycles. The summed E-state index contributed by atoms with van der Waals surface area (Å²) in [6.45, 7) is 5.62. The normalized spacial score (nSPS) is 59.9. The maximum atomic E-state index is 11.9. The number of carbonyl (C=O) groups is 1. The zero-order chi connectivity index (χ0) is 16.2. The maximum absolute atomic E-state index is 11.9. The van der Waals surface area contributed by atoms with Crippen LogP contribution in [0.1, 0.15) is 46.0 Å². The van der Waals surface area contributed by atoms with E-state index in [1.54, 1.807) is 0 Å². The van der Waals surface area contributed by atoms with Crippen LogP contribution in [0.4, 0.5) is 0 Å². The molecule has 0 aromatic carbocycles. The standard InChI is InChI=1S/C18H27NO4/c1-10-15(21)13-8-14(23-11(2)20)12-4-3-6-19-7-5-16(10)9-17(12,19)18(13,16)22/h10,12-15,21-22H,3-9H2,1-2H3.